The lowest BCUT2D eigenvalue weighted by atomic mass is 9.90. The van der Waals surface area contributed by atoms with Gasteiger partial charge in [0, 0.05) is 30.9 Å². The standard InChI is InChI=1S/C26H25ClN4O/c1-18-22(17-28-25-16-24(29-31(18)25)21-9-5-6-10-23(21)27)26(32)30-13-11-20(12-14-30)15-19-7-3-2-4-8-19/h2-10,16-17,20H,11-15H2,1H3. The molecule has 32 heavy (non-hydrogen) atoms. The largest absolute Gasteiger partial charge is 0.339 e. The van der Waals surface area contributed by atoms with E-state index in [1.807, 2.05) is 42.2 Å². The number of hydrogen-bond donors (Lipinski definition) is 0. The summed E-state index contributed by atoms with van der Waals surface area (Å²) in [4.78, 5) is 19.8. The van der Waals surface area contributed by atoms with Crippen LogP contribution in [0.2, 0.25) is 5.02 Å². The van der Waals surface area contributed by atoms with Crippen LogP contribution in [-0.2, 0) is 6.42 Å². The minimum absolute atomic E-state index is 0.0323. The molecule has 0 saturated carbocycles. The third kappa shape index (κ3) is 4.00. The van der Waals surface area contributed by atoms with Gasteiger partial charge in [0.1, 0.15) is 0 Å². The topological polar surface area (TPSA) is 50.5 Å². The van der Waals surface area contributed by atoms with Crippen LogP contribution < -0.4 is 0 Å². The zero-order chi connectivity index (χ0) is 22.1. The highest BCUT2D eigenvalue weighted by Crippen LogP contribution is 2.28. The van der Waals surface area contributed by atoms with Crippen LogP contribution in [0.25, 0.3) is 16.9 Å². The number of aromatic nitrogens is 3. The fraction of sp³-hybridized carbons (Fsp3) is 0.269. The summed E-state index contributed by atoms with van der Waals surface area (Å²) in [5, 5.41) is 5.33. The SMILES string of the molecule is Cc1c(C(=O)N2CCC(Cc3ccccc3)CC2)cnc2cc(-c3ccccc3Cl)nn12. The van der Waals surface area contributed by atoms with Crippen molar-refractivity contribution in [2.45, 2.75) is 26.2 Å². The van der Waals surface area contributed by atoms with Gasteiger partial charge >= 0.3 is 0 Å². The van der Waals surface area contributed by atoms with E-state index >= 15 is 0 Å². The number of hydrogen-bond acceptors (Lipinski definition) is 3. The highest BCUT2D eigenvalue weighted by atomic mass is 35.5. The maximum absolute atomic E-state index is 13.3. The van der Waals surface area contributed by atoms with Crippen LogP contribution in [0, 0.1) is 12.8 Å². The minimum Gasteiger partial charge on any atom is -0.339 e. The van der Waals surface area contributed by atoms with Gasteiger partial charge in [-0.25, -0.2) is 9.50 Å². The van der Waals surface area contributed by atoms with Crippen molar-refractivity contribution in [2.24, 2.45) is 5.92 Å². The summed E-state index contributed by atoms with van der Waals surface area (Å²) >= 11 is 6.34. The van der Waals surface area contributed by atoms with Crippen molar-refractivity contribution < 1.29 is 4.79 Å². The number of rotatable bonds is 4. The zero-order valence-corrected chi connectivity index (χ0v) is 18.8. The molecule has 0 spiro atoms. The number of amides is 1. The first-order valence-corrected chi connectivity index (χ1v) is 11.4. The lowest BCUT2D eigenvalue weighted by Gasteiger charge is -2.32. The second-order valence-electron chi connectivity index (χ2n) is 8.46. The molecule has 6 heteroatoms. The minimum atomic E-state index is 0.0323. The molecule has 4 aromatic rings. The summed E-state index contributed by atoms with van der Waals surface area (Å²) in [6.07, 6.45) is 4.80. The summed E-state index contributed by atoms with van der Waals surface area (Å²) in [6, 6.07) is 20.1. The molecule has 0 unspecified atom stereocenters. The number of fused-ring (bicyclic) bond motifs is 1. The number of likely N-dealkylation sites (tertiary alicyclic amines) is 1. The van der Waals surface area contributed by atoms with Gasteiger partial charge in [-0.1, -0.05) is 60.1 Å². The predicted molar refractivity (Wildman–Crippen MR) is 127 cm³/mol. The van der Waals surface area contributed by atoms with E-state index in [1.165, 1.54) is 5.56 Å². The molecule has 0 N–H and O–H groups in total. The van der Waals surface area contributed by atoms with Crippen LogP contribution >= 0.6 is 11.6 Å². The number of benzene rings is 2. The molecule has 2 aromatic carbocycles. The number of carbonyl (C=O) groups excluding carboxylic acids is 1. The molecular formula is C26H25ClN4O. The molecule has 5 rings (SSSR count). The Hall–Kier alpha value is -3.18. The van der Waals surface area contributed by atoms with E-state index in [4.69, 9.17) is 11.6 Å². The Kier molecular flexibility index (Phi) is 5.66. The van der Waals surface area contributed by atoms with Gasteiger partial charge in [-0.3, -0.25) is 4.79 Å². The van der Waals surface area contributed by atoms with Gasteiger partial charge in [0.2, 0.25) is 0 Å². The lowest BCUT2D eigenvalue weighted by Crippen LogP contribution is -2.39. The van der Waals surface area contributed by atoms with Crippen molar-refractivity contribution in [3.8, 4) is 11.3 Å². The number of piperidine rings is 1. The summed E-state index contributed by atoms with van der Waals surface area (Å²) in [6.45, 7) is 3.48. The average molecular weight is 445 g/mol. The van der Waals surface area contributed by atoms with Gasteiger partial charge in [0.05, 0.1) is 22.0 Å². The Balaban J connectivity index is 1.33. The van der Waals surface area contributed by atoms with Crippen molar-refractivity contribution in [1.82, 2.24) is 19.5 Å². The van der Waals surface area contributed by atoms with Crippen molar-refractivity contribution in [3.63, 3.8) is 0 Å². The first-order chi connectivity index (χ1) is 15.6. The van der Waals surface area contributed by atoms with E-state index in [-0.39, 0.29) is 5.91 Å². The molecule has 1 aliphatic heterocycles. The molecule has 3 heterocycles. The van der Waals surface area contributed by atoms with Gasteiger partial charge in [0.25, 0.3) is 5.91 Å². The number of halogens is 1. The first kappa shape index (κ1) is 20.7. The summed E-state index contributed by atoms with van der Waals surface area (Å²) in [5.74, 6) is 0.650. The van der Waals surface area contributed by atoms with Crippen LogP contribution in [0.3, 0.4) is 0 Å². The molecule has 0 bridgehead atoms. The van der Waals surface area contributed by atoms with Gasteiger partial charge in [-0.05, 0) is 43.7 Å². The Labute approximate surface area is 192 Å². The molecule has 0 aliphatic carbocycles. The predicted octanol–water partition coefficient (Wildman–Crippen LogP) is 5.45. The van der Waals surface area contributed by atoms with E-state index in [9.17, 15) is 4.79 Å². The maximum Gasteiger partial charge on any atom is 0.257 e. The zero-order valence-electron chi connectivity index (χ0n) is 18.0. The Bertz CT molecular complexity index is 1260. The van der Waals surface area contributed by atoms with Gasteiger partial charge in [-0.2, -0.15) is 5.10 Å². The highest BCUT2D eigenvalue weighted by molar-refractivity contribution is 6.33. The molecule has 162 valence electrons. The molecule has 1 aliphatic rings. The summed E-state index contributed by atoms with van der Waals surface area (Å²) in [5.41, 5.74) is 5.08. The normalized spacial score (nSPS) is 14.8. The van der Waals surface area contributed by atoms with Crippen molar-refractivity contribution in [1.29, 1.82) is 0 Å². The highest BCUT2D eigenvalue weighted by Gasteiger charge is 2.26. The molecule has 1 fully saturated rings. The Morgan fingerprint density at radius 2 is 1.78 bits per heavy atom. The lowest BCUT2D eigenvalue weighted by molar-refractivity contribution is 0.0688. The molecule has 1 saturated heterocycles. The third-order valence-electron chi connectivity index (χ3n) is 6.37. The van der Waals surface area contributed by atoms with Crippen LogP contribution in [-0.4, -0.2) is 38.5 Å². The number of nitrogens with zero attached hydrogens (tertiary/aromatic N) is 4. The van der Waals surface area contributed by atoms with E-state index < -0.39 is 0 Å². The van der Waals surface area contributed by atoms with E-state index in [1.54, 1.807) is 10.7 Å². The third-order valence-corrected chi connectivity index (χ3v) is 6.70. The van der Waals surface area contributed by atoms with Gasteiger partial charge in [0.15, 0.2) is 5.65 Å². The van der Waals surface area contributed by atoms with E-state index in [0.717, 1.165) is 49.3 Å². The smallest absolute Gasteiger partial charge is 0.257 e. The van der Waals surface area contributed by atoms with Crippen molar-refractivity contribution >= 4 is 23.2 Å². The number of aryl methyl sites for hydroxylation is 1. The second kappa shape index (κ2) is 8.75. The monoisotopic (exact) mass is 444 g/mol. The quantitative estimate of drug-likeness (QED) is 0.420. The van der Waals surface area contributed by atoms with Crippen molar-refractivity contribution in [3.05, 3.63) is 88.7 Å². The van der Waals surface area contributed by atoms with E-state index in [0.29, 0.717) is 22.2 Å². The summed E-state index contributed by atoms with van der Waals surface area (Å²) < 4.78 is 1.74. The Morgan fingerprint density at radius 3 is 2.53 bits per heavy atom. The van der Waals surface area contributed by atoms with Crippen LogP contribution in [0.1, 0.15) is 34.5 Å². The molecule has 2 aromatic heterocycles. The van der Waals surface area contributed by atoms with Crippen LogP contribution in [0.5, 0.6) is 0 Å². The number of carbonyl (C=O) groups is 1. The molecule has 0 atom stereocenters. The van der Waals surface area contributed by atoms with Crippen molar-refractivity contribution in [2.75, 3.05) is 13.1 Å². The molecule has 1 amide bonds. The fourth-order valence-electron chi connectivity index (χ4n) is 4.52. The van der Waals surface area contributed by atoms with Gasteiger partial charge in [-0.15, -0.1) is 0 Å². The molecule has 5 nitrogen and oxygen atoms in total. The fourth-order valence-corrected chi connectivity index (χ4v) is 4.75. The molecular weight excluding hydrogens is 420 g/mol. The van der Waals surface area contributed by atoms with E-state index in [2.05, 4.69) is 40.4 Å². The average Bonchev–Trinajstić information content (AvgIpc) is 3.25. The summed E-state index contributed by atoms with van der Waals surface area (Å²) in [7, 11) is 0. The van der Waals surface area contributed by atoms with Gasteiger partial charge < -0.3 is 4.90 Å². The Morgan fingerprint density at radius 1 is 1.06 bits per heavy atom. The maximum atomic E-state index is 13.3. The van der Waals surface area contributed by atoms with Crippen LogP contribution in [0.15, 0.2) is 66.9 Å². The first-order valence-electron chi connectivity index (χ1n) is 11.0. The van der Waals surface area contributed by atoms with Crippen LogP contribution in [0.4, 0.5) is 0 Å². The second-order valence-corrected chi connectivity index (χ2v) is 8.87. The molecule has 0 radical (unpaired) electrons.